The molecule has 0 bridgehead atoms. The van der Waals surface area contributed by atoms with Crippen molar-refractivity contribution >= 4 is 40.2 Å². The van der Waals surface area contributed by atoms with Gasteiger partial charge in [0.2, 0.25) is 17.7 Å². The molecule has 0 radical (unpaired) electrons. The molecule has 1 aliphatic carbocycles. The standard InChI is InChI=1S/C44H48F2N8O4/c1-52(2)44(58)38-24-35-33(23-34(41(46)42(35)49-38)30-4-3-19-53(25-30)40(56)17-20-54-21-18-47-51-54)29-11-7-27(8-12-29)26-5-9-28(10-6-26)32-14-13-31(22-36(32)45)48-37-15-16-39(55)50-43(37)57/h7-8,11-14,18,21-24,26,28,30,37,48-49H,3-6,9-10,15-17,19-20,25H2,1-2H3,(H,50,55,57)/t26?,28?,30-,37?/m0/s1. The molecular weight excluding hydrogens is 743 g/mol. The molecule has 5 aromatic rings. The third kappa shape index (κ3) is 8.09. The van der Waals surface area contributed by atoms with Crippen LogP contribution in [0.5, 0.6) is 0 Å². The second-order valence-electron chi connectivity index (χ2n) is 16.1. The molecule has 0 spiro atoms. The summed E-state index contributed by atoms with van der Waals surface area (Å²) in [6.07, 6.45) is 9.13. The number of benzene rings is 3. The molecule has 12 nitrogen and oxygen atoms in total. The van der Waals surface area contributed by atoms with Gasteiger partial charge in [-0.2, -0.15) is 0 Å². The van der Waals surface area contributed by atoms with Crippen LogP contribution in [0.3, 0.4) is 0 Å². The second kappa shape index (κ2) is 16.5. The van der Waals surface area contributed by atoms with Gasteiger partial charge < -0.3 is 20.1 Å². The summed E-state index contributed by atoms with van der Waals surface area (Å²) in [5, 5.41) is 13.8. The van der Waals surface area contributed by atoms with E-state index in [-0.39, 0.29) is 53.7 Å². The topological polar surface area (TPSA) is 145 Å². The van der Waals surface area contributed by atoms with Crippen LogP contribution in [0.25, 0.3) is 22.0 Å². The number of hydrogen-bond acceptors (Lipinski definition) is 7. The first-order valence-electron chi connectivity index (χ1n) is 20.2. The van der Waals surface area contributed by atoms with E-state index in [9.17, 15) is 19.2 Å². The molecule has 3 aromatic carbocycles. The first-order chi connectivity index (χ1) is 28.0. The fourth-order valence-electron chi connectivity index (χ4n) is 9.00. The zero-order chi connectivity index (χ0) is 40.5. The van der Waals surface area contributed by atoms with Crippen molar-refractivity contribution in [1.29, 1.82) is 0 Å². The second-order valence-corrected chi connectivity index (χ2v) is 16.1. The molecule has 4 amide bonds. The predicted molar refractivity (Wildman–Crippen MR) is 215 cm³/mol. The van der Waals surface area contributed by atoms with Gasteiger partial charge >= 0.3 is 0 Å². The Morgan fingerprint density at radius 1 is 0.914 bits per heavy atom. The summed E-state index contributed by atoms with van der Waals surface area (Å²) in [7, 11) is 3.32. The average molecular weight is 791 g/mol. The van der Waals surface area contributed by atoms with Gasteiger partial charge in [-0.3, -0.25) is 29.2 Å². The van der Waals surface area contributed by atoms with E-state index in [1.54, 1.807) is 43.3 Å². The van der Waals surface area contributed by atoms with Crippen LogP contribution >= 0.6 is 0 Å². The Labute approximate surface area is 335 Å². The Morgan fingerprint density at radius 2 is 1.69 bits per heavy atom. The third-order valence-electron chi connectivity index (χ3n) is 12.2. The summed E-state index contributed by atoms with van der Waals surface area (Å²) >= 11 is 0. The van der Waals surface area contributed by atoms with E-state index in [1.165, 1.54) is 16.5 Å². The lowest BCUT2D eigenvalue weighted by atomic mass is 9.76. The van der Waals surface area contributed by atoms with Gasteiger partial charge in [0.1, 0.15) is 17.6 Å². The van der Waals surface area contributed by atoms with Crippen molar-refractivity contribution in [3.63, 3.8) is 0 Å². The molecule has 2 atom stereocenters. The summed E-state index contributed by atoms with van der Waals surface area (Å²) in [6, 6.07) is 16.5. The Bertz CT molecular complexity index is 2330. The van der Waals surface area contributed by atoms with Crippen LogP contribution in [0.1, 0.15) is 103 Å². The highest BCUT2D eigenvalue weighted by atomic mass is 19.1. The van der Waals surface area contributed by atoms with Gasteiger partial charge in [-0.05, 0) is 109 Å². The van der Waals surface area contributed by atoms with Crippen LogP contribution in [0.4, 0.5) is 14.5 Å². The number of imide groups is 1. The minimum Gasteiger partial charge on any atom is -0.374 e. The lowest BCUT2D eigenvalue weighted by molar-refractivity contribution is -0.134. The van der Waals surface area contributed by atoms with Crippen molar-refractivity contribution in [2.75, 3.05) is 32.5 Å². The average Bonchev–Trinajstić information content (AvgIpc) is 3.93. The molecule has 4 heterocycles. The van der Waals surface area contributed by atoms with E-state index in [1.807, 2.05) is 17.0 Å². The molecule has 3 aliphatic rings. The lowest BCUT2D eigenvalue weighted by Crippen LogP contribution is -2.47. The number of H-pyrrole nitrogens is 1. The van der Waals surface area contributed by atoms with Gasteiger partial charge in [-0.15, -0.1) is 5.10 Å². The Kier molecular flexibility index (Phi) is 11.1. The van der Waals surface area contributed by atoms with Gasteiger partial charge in [0.15, 0.2) is 5.82 Å². The number of amides is 4. The number of carbonyl (C=O) groups is 4. The number of aromatic amines is 1. The third-order valence-corrected chi connectivity index (χ3v) is 12.2. The zero-order valence-corrected chi connectivity index (χ0v) is 32.8. The van der Waals surface area contributed by atoms with E-state index >= 15 is 8.78 Å². The van der Waals surface area contributed by atoms with E-state index < -0.39 is 17.8 Å². The van der Waals surface area contributed by atoms with Crippen molar-refractivity contribution in [3.05, 3.63) is 101 Å². The van der Waals surface area contributed by atoms with Crippen molar-refractivity contribution < 1.29 is 28.0 Å². The normalized spacial score (nSPS) is 21.2. The van der Waals surface area contributed by atoms with Crippen LogP contribution in [0.2, 0.25) is 0 Å². The molecule has 2 aliphatic heterocycles. The lowest BCUT2D eigenvalue weighted by Gasteiger charge is -2.33. The van der Waals surface area contributed by atoms with Crippen molar-refractivity contribution in [2.24, 2.45) is 0 Å². The number of halogens is 2. The van der Waals surface area contributed by atoms with E-state index in [4.69, 9.17) is 0 Å². The van der Waals surface area contributed by atoms with Gasteiger partial charge in [-0.1, -0.05) is 35.5 Å². The van der Waals surface area contributed by atoms with Crippen molar-refractivity contribution in [3.8, 4) is 11.1 Å². The maximum Gasteiger partial charge on any atom is 0.269 e. The number of nitrogens with one attached hydrogen (secondary N) is 3. The number of piperidine rings is 2. The van der Waals surface area contributed by atoms with Gasteiger partial charge in [-0.25, -0.2) is 8.78 Å². The van der Waals surface area contributed by atoms with E-state index in [0.717, 1.165) is 49.7 Å². The predicted octanol–water partition coefficient (Wildman–Crippen LogP) is 6.86. The van der Waals surface area contributed by atoms with Crippen LogP contribution in [0.15, 0.2) is 67.0 Å². The number of fused-ring (bicyclic) bond motifs is 1. The molecule has 14 heteroatoms. The zero-order valence-electron chi connectivity index (χ0n) is 32.8. The Morgan fingerprint density at radius 3 is 2.40 bits per heavy atom. The summed E-state index contributed by atoms with van der Waals surface area (Å²) in [5.74, 6) is -1.48. The summed E-state index contributed by atoms with van der Waals surface area (Å²) < 4.78 is 33.6. The number of likely N-dealkylation sites (tertiary alicyclic amines) is 1. The van der Waals surface area contributed by atoms with E-state index in [0.29, 0.717) is 59.9 Å². The maximum absolute atomic E-state index is 16.6. The molecule has 3 fully saturated rings. The minimum absolute atomic E-state index is 0.00681. The summed E-state index contributed by atoms with van der Waals surface area (Å²) in [6.45, 7) is 1.44. The highest BCUT2D eigenvalue weighted by Crippen LogP contribution is 2.43. The minimum atomic E-state index is -0.573. The van der Waals surface area contributed by atoms with Crippen LogP contribution in [0, 0.1) is 11.6 Å². The summed E-state index contributed by atoms with van der Waals surface area (Å²) in [4.78, 5) is 56.3. The molecule has 58 heavy (non-hydrogen) atoms. The molecule has 1 unspecified atom stereocenters. The monoisotopic (exact) mass is 790 g/mol. The molecule has 302 valence electrons. The highest BCUT2D eigenvalue weighted by Gasteiger charge is 2.31. The number of rotatable bonds is 10. The maximum atomic E-state index is 16.6. The largest absolute Gasteiger partial charge is 0.374 e. The smallest absolute Gasteiger partial charge is 0.269 e. The van der Waals surface area contributed by atoms with E-state index in [2.05, 4.69) is 50.2 Å². The Balaban J connectivity index is 0.984. The molecule has 3 N–H and O–H groups in total. The van der Waals surface area contributed by atoms with Crippen LogP contribution in [-0.2, 0) is 20.9 Å². The molecule has 1 saturated carbocycles. The highest BCUT2D eigenvalue weighted by molar-refractivity contribution is 6.04. The summed E-state index contributed by atoms with van der Waals surface area (Å²) in [5.41, 5.74) is 5.20. The molecular formula is C44H48F2N8O4. The van der Waals surface area contributed by atoms with Gasteiger partial charge in [0.05, 0.1) is 18.3 Å². The SMILES string of the molecule is CN(C)C(=O)c1cc2c(-c3ccc(C4CCC(c5ccc(NC6CCC(=O)NC6=O)cc5F)CC4)cc3)cc([C@H]3CCCN(C(=O)CCn4ccnn4)C3)c(F)c2[nH]1. The van der Waals surface area contributed by atoms with Crippen molar-refractivity contribution in [1.82, 2.24) is 35.1 Å². The number of hydrogen-bond donors (Lipinski definition) is 3. The molecule has 2 saturated heterocycles. The number of nitrogens with zero attached hydrogens (tertiary/aromatic N) is 5. The Hall–Kier alpha value is -5.92. The van der Waals surface area contributed by atoms with Crippen LogP contribution in [-0.4, -0.2) is 86.6 Å². The van der Waals surface area contributed by atoms with Gasteiger partial charge in [0.25, 0.3) is 5.91 Å². The fourth-order valence-corrected chi connectivity index (χ4v) is 9.00. The molecule has 2 aromatic heterocycles. The number of aromatic nitrogens is 4. The first kappa shape index (κ1) is 38.9. The number of anilines is 1. The van der Waals surface area contributed by atoms with Crippen LogP contribution < -0.4 is 10.6 Å². The van der Waals surface area contributed by atoms with Gasteiger partial charge in [0, 0.05) is 63.2 Å². The quantitative estimate of drug-likeness (QED) is 0.131. The van der Waals surface area contributed by atoms with Crippen molar-refractivity contribution in [2.45, 2.75) is 88.1 Å². The number of carbonyl (C=O) groups excluding carboxylic acids is 4. The first-order valence-corrected chi connectivity index (χ1v) is 20.2. The fraction of sp³-hybridized carbons (Fsp3) is 0.409. The molecule has 8 rings (SSSR count). The number of aryl methyl sites for hydroxylation is 1.